The van der Waals surface area contributed by atoms with Gasteiger partial charge in [0.05, 0.1) is 5.69 Å². The van der Waals surface area contributed by atoms with Crippen molar-refractivity contribution in [1.29, 1.82) is 0 Å². The number of nitrogens with zero attached hydrogens (tertiary/aromatic N) is 1. The molecule has 0 aromatic heterocycles. The predicted molar refractivity (Wildman–Crippen MR) is 118 cm³/mol. The van der Waals surface area contributed by atoms with Gasteiger partial charge in [-0.3, -0.25) is 4.99 Å². The number of aryl methyl sites for hydroxylation is 2. The lowest BCUT2D eigenvalue weighted by Gasteiger charge is -2.12. The Morgan fingerprint density at radius 3 is 2.48 bits per heavy atom. The van der Waals surface area contributed by atoms with Crippen molar-refractivity contribution in [3.05, 3.63) is 107 Å². The van der Waals surface area contributed by atoms with Crippen LogP contribution in [0.15, 0.2) is 83.9 Å². The van der Waals surface area contributed by atoms with Crippen LogP contribution >= 0.6 is 0 Å². The molecule has 0 radical (unpaired) electrons. The van der Waals surface area contributed by atoms with Crippen molar-refractivity contribution in [2.45, 2.75) is 20.5 Å². The summed E-state index contributed by atoms with van der Waals surface area (Å²) < 4.78 is 20.0. The Labute approximate surface area is 170 Å². The first kappa shape index (κ1) is 18.9. The number of rotatable bonds is 5. The standard InChI is InChI=1S/C26H22FNO/c1-18-11-13-22(15-19(18)2)28-16-24-23-9-5-3-7-20(23)12-14-26(24)29-17-21-8-4-6-10-25(21)27/h3-16H,17H2,1-2H3. The fraction of sp³-hybridized carbons (Fsp3) is 0.115. The molecule has 4 aromatic carbocycles. The van der Waals surface area contributed by atoms with Crippen molar-refractivity contribution >= 4 is 22.7 Å². The largest absolute Gasteiger partial charge is 0.488 e. The molecule has 0 saturated carbocycles. The Hall–Kier alpha value is -3.46. The third-order valence-electron chi connectivity index (χ3n) is 5.10. The first-order valence-corrected chi connectivity index (χ1v) is 9.61. The first-order valence-electron chi connectivity index (χ1n) is 9.61. The number of halogens is 1. The summed E-state index contributed by atoms with van der Waals surface area (Å²) in [5.41, 5.74) is 4.74. The Balaban J connectivity index is 1.71. The van der Waals surface area contributed by atoms with Crippen LogP contribution in [0.2, 0.25) is 0 Å². The van der Waals surface area contributed by atoms with Crippen molar-refractivity contribution in [1.82, 2.24) is 0 Å². The molecule has 0 saturated heterocycles. The minimum atomic E-state index is -0.265. The third kappa shape index (κ3) is 4.19. The van der Waals surface area contributed by atoms with Gasteiger partial charge < -0.3 is 4.74 Å². The van der Waals surface area contributed by atoms with Gasteiger partial charge in [-0.05, 0) is 60.0 Å². The lowest BCUT2D eigenvalue weighted by molar-refractivity contribution is 0.300. The normalized spacial score (nSPS) is 11.3. The molecule has 0 amide bonds. The average molecular weight is 383 g/mol. The summed E-state index contributed by atoms with van der Waals surface area (Å²) in [4.78, 5) is 4.68. The van der Waals surface area contributed by atoms with Gasteiger partial charge in [0.15, 0.2) is 0 Å². The molecule has 0 atom stereocenters. The van der Waals surface area contributed by atoms with Gasteiger partial charge in [0.25, 0.3) is 0 Å². The van der Waals surface area contributed by atoms with Crippen LogP contribution in [0, 0.1) is 19.7 Å². The second-order valence-corrected chi connectivity index (χ2v) is 7.11. The van der Waals surface area contributed by atoms with Crippen molar-refractivity contribution in [3.63, 3.8) is 0 Å². The van der Waals surface area contributed by atoms with Gasteiger partial charge in [0.2, 0.25) is 0 Å². The SMILES string of the molecule is Cc1ccc(N=Cc2c(OCc3ccccc3F)ccc3ccccc23)cc1C. The number of aliphatic imine (C=N–C) groups is 1. The highest BCUT2D eigenvalue weighted by molar-refractivity contribution is 6.03. The van der Waals surface area contributed by atoms with Crippen LogP contribution in [0.4, 0.5) is 10.1 Å². The molecule has 0 aliphatic carbocycles. The number of benzene rings is 4. The number of ether oxygens (including phenoxy) is 1. The summed E-state index contributed by atoms with van der Waals surface area (Å²) in [5.74, 6) is 0.415. The van der Waals surface area contributed by atoms with Crippen molar-refractivity contribution in [2.24, 2.45) is 4.99 Å². The van der Waals surface area contributed by atoms with Gasteiger partial charge in [-0.25, -0.2) is 4.39 Å². The molecule has 4 aromatic rings. The van der Waals surface area contributed by atoms with E-state index in [1.54, 1.807) is 12.1 Å². The summed E-state index contributed by atoms with van der Waals surface area (Å²) in [6, 6.07) is 24.9. The predicted octanol–water partition coefficient (Wildman–Crippen LogP) is 6.93. The lowest BCUT2D eigenvalue weighted by atomic mass is 10.0. The number of hydrogen-bond donors (Lipinski definition) is 0. The van der Waals surface area contributed by atoms with Gasteiger partial charge in [0.1, 0.15) is 18.2 Å². The molecule has 0 unspecified atom stereocenters. The Bertz CT molecular complexity index is 1200. The van der Waals surface area contributed by atoms with Crippen LogP contribution in [0.5, 0.6) is 5.75 Å². The zero-order valence-corrected chi connectivity index (χ0v) is 16.5. The molecule has 3 heteroatoms. The van der Waals surface area contributed by atoms with Gasteiger partial charge in [0, 0.05) is 17.3 Å². The van der Waals surface area contributed by atoms with Gasteiger partial charge in [-0.1, -0.05) is 54.6 Å². The molecule has 0 N–H and O–H groups in total. The second kappa shape index (κ2) is 8.27. The summed E-state index contributed by atoms with van der Waals surface area (Å²) >= 11 is 0. The second-order valence-electron chi connectivity index (χ2n) is 7.11. The Morgan fingerprint density at radius 2 is 1.66 bits per heavy atom. The summed E-state index contributed by atoms with van der Waals surface area (Å²) in [5, 5.41) is 2.15. The van der Waals surface area contributed by atoms with E-state index in [2.05, 4.69) is 37.0 Å². The molecular weight excluding hydrogens is 361 g/mol. The highest BCUT2D eigenvalue weighted by atomic mass is 19.1. The van der Waals surface area contributed by atoms with Crippen LogP contribution in [0.1, 0.15) is 22.3 Å². The highest BCUT2D eigenvalue weighted by Gasteiger charge is 2.09. The van der Waals surface area contributed by atoms with E-state index in [1.807, 2.05) is 48.7 Å². The minimum absolute atomic E-state index is 0.162. The first-order chi connectivity index (χ1) is 14.1. The van der Waals surface area contributed by atoms with Crippen molar-refractivity contribution in [3.8, 4) is 5.75 Å². The number of fused-ring (bicyclic) bond motifs is 1. The highest BCUT2D eigenvalue weighted by Crippen LogP contribution is 2.28. The maximum absolute atomic E-state index is 14.0. The molecule has 0 heterocycles. The smallest absolute Gasteiger partial charge is 0.129 e. The molecule has 0 spiro atoms. The molecule has 144 valence electrons. The topological polar surface area (TPSA) is 21.6 Å². The van der Waals surface area contributed by atoms with E-state index in [9.17, 15) is 4.39 Å². The fourth-order valence-electron chi connectivity index (χ4n) is 3.25. The molecule has 4 rings (SSSR count). The third-order valence-corrected chi connectivity index (χ3v) is 5.10. The monoisotopic (exact) mass is 383 g/mol. The van der Waals surface area contributed by atoms with E-state index in [0.717, 1.165) is 22.0 Å². The van der Waals surface area contributed by atoms with Crippen molar-refractivity contribution < 1.29 is 9.13 Å². The summed E-state index contributed by atoms with van der Waals surface area (Å²) in [6.07, 6.45) is 1.84. The Morgan fingerprint density at radius 1 is 0.862 bits per heavy atom. The molecule has 0 aliphatic rings. The van der Waals surface area contributed by atoms with E-state index in [0.29, 0.717) is 11.3 Å². The molecule has 0 aliphatic heterocycles. The Kier molecular flexibility index (Phi) is 5.39. The van der Waals surface area contributed by atoms with Crippen LogP contribution in [-0.4, -0.2) is 6.21 Å². The van der Waals surface area contributed by atoms with E-state index in [-0.39, 0.29) is 12.4 Å². The fourth-order valence-corrected chi connectivity index (χ4v) is 3.25. The van der Waals surface area contributed by atoms with Crippen LogP contribution in [-0.2, 0) is 6.61 Å². The average Bonchev–Trinajstić information content (AvgIpc) is 2.74. The molecule has 0 bridgehead atoms. The molecule has 0 fully saturated rings. The maximum atomic E-state index is 14.0. The molecule has 29 heavy (non-hydrogen) atoms. The quantitative estimate of drug-likeness (QED) is 0.343. The lowest BCUT2D eigenvalue weighted by Crippen LogP contribution is -2.01. The van der Waals surface area contributed by atoms with Gasteiger partial charge in [-0.2, -0.15) is 0 Å². The molecular formula is C26H22FNO. The zero-order chi connectivity index (χ0) is 20.2. The maximum Gasteiger partial charge on any atom is 0.129 e. The van der Waals surface area contributed by atoms with Gasteiger partial charge >= 0.3 is 0 Å². The zero-order valence-electron chi connectivity index (χ0n) is 16.5. The van der Waals surface area contributed by atoms with Crippen LogP contribution < -0.4 is 4.74 Å². The van der Waals surface area contributed by atoms with E-state index >= 15 is 0 Å². The van der Waals surface area contributed by atoms with Crippen LogP contribution in [0.3, 0.4) is 0 Å². The van der Waals surface area contributed by atoms with Crippen molar-refractivity contribution in [2.75, 3.05) is 0 Å². The molecule has 2 nitrogen and oxygen atoms in total. The number of hydrogen-bond acceptors (Lipinski definition) is 2. The minimum Gasteiger partial charge on any atom is -0.488 e. The van der Waals surface area contributed by atoms with E-state index in [4.69, 9.17) is 4.74 Å². The van der Waals surface area contributed by atoms with E-state index in [1.165, 1.54) is 17.2 Å². The van der Waals surface area contributed by atoms with Gasteiger partial charge in [-0.15, -0.1) is 0 Å². The van der Waals surface area contributed by atoms with E-state index < -0.39 is 0 Å². The summed E-state index contributed by atoms with van der Waals surface area (Å²) in [6.45, 7) is 4.33. The van der Waals surface area contributed by atoms with Crippen LogP contribution in [0.25, 0.3) is 10.8 Å². The summed E-state index contributed by atoms with van der Waals surface area (Å²) in [7, 11) is 0.